The minimum Gasteiger partial charge on any atom is -0.508 e. The van der Waals surface area contributed by atoms with Crippen molar-refractivity contribution in [1.29, 1.82) is 0 Å². The molecule has 0 unspecified atom stereocenters. The molecule has 0 bridgehead atoms. The van der Waals surface area contributed by atoms with Gasteiger partial charge in [0.25, 0.3) is 0 Å². The Bertz CT molecular complexity index is 472. The quantitative estimate of drug-likeness (QED) is 0.831. The van der Waals surface area contributed by atoms with Crippen LogP contribution in [0.4, 0.5) is 18.9 Å². The Kier molecular flexibility index (Phi) is 4.77. The molecule has 0 aliphatic carbocycles. The van der Waals surface area contributed by atoms with E-state index in [1.165, 1.54) is 12.1 Å². The molecule has 0 spiro atoms. The van der Waals surface area contributed by atoms with Gasteiger partial charge in [-0.1, -0.05) is 0 Å². The van der Waals surface area contributed by atoms with Gasteiger partial charge in [-0.3, -0.25) is 4.79 Å². The molecule has 1 aromatic carbocycles. The lowest BCUT2D eigenvalue weighted by atomic mass is 10.1. The highest BCUT2D eigenvalue weighted by molar-refractivity contribution is 5.92. The lowest BCUT2D eigenvalue weighted by molar-refractivity contribution is -0.174. The van der Waals surface area contributed by atoms with Crippen molar-refractivity contribution in [2.45, 2.75) is 20.0 Å². The van der Waals surface area contributed by atoms with Gasteiger partial charge in [0.15, 0.2) is 0 Å². The van der Waals surface area contributed by atoms with E-state index in [0.717, 1.165) is 0 Å². The zero-order valence-corrected chi connectivity index (χ0v) is 10.5. The summed E-state index contributed by atoms with van der Waals surface area (Å²) in [5, 5.41) is 11.8. The number of benzene rings is 1. The van der Waals surface area contributed by atoms with E-state index in [2.05, 4.69) is 10.1 Å². The average Bonchev–Trinajstić information content (AvgIpc) is 2.24. The fourth-order valence-corrected chi connectivity index (χ4v) is 1.38. The van der Waals surface area contributed by atoms with Crippen LogP contribution in [0.1, 0.15) is 11.1 Å². The smallest absolute Gasteiger partial charge is 0.411 e. The summed E-state index contributed by atoms with van der Waals surface area (Å²) in [4.78, 5) is 11.4. The summed E-state index contributed by atoms with van der Waals surface area (Å²) >= 11 is 0. The van der Waals surface area contributed by atoms with Crippen LogP contribution in [0.15, 0.2) is 12.1 Å². The Hall–Kier alpha value is -1.76. The molecule has 19 heavy (non-hydrogen) atoms. The van der Waals surface area contributed by atoms with Crippen molar-refractivity contribution < 1.29 is 27.8 Å². The van der Waals surface area contributed by atoms with Gasteiger partial charge in [-0.05, 0) is 37.1 Å². The average molecular weight is 277 g/mol. The first-order valence-electron chi connectivity index (χ1n) is 5.43. The molecule has 0 aromatic heterocycles. The number of phenols is 1. The maximum Gasteiger partial charge on any atom is 0.411 e. The van der Waals surface area contributed by atoms with E-state index in [1.54, 1.807) is 13.8 Å². The maximum atomic E-state index is 11.8. The lowest BCUT2D eigenvalue weighted by Gasteiger charge is -2.11. The zero-order chi connectivity index (χ0) is 14.6. The summed E-state index contributed by atoms with van der Waals surface area (Å²) in [6.45, 7) is 1.16. The fraction of sp³-hybridized carbons (Fsp3) is 0.417. The summed E-state index contributed by atoms with van der Waals surface area (Å²) in [5.74, 6) is -0.596. The Labute approximate surface area is 108 Å². The number of carbonyl (C=O) groups excluding carboxylic acids is 1. The second kappa shape index (κ2) is 5.92. The number of anilines is 1. The van der Waals surface area contributed by atoms with Crippen LogP contribution in [0.25, 0.3) is 0 Å². The van der Waals surface area contributed by atoms with E-state index in [9.17, 15) is 23.1 Å². The Morgan fingerprint density at radius 2 is 1.95 bits per heavy atom. The SMILES string of the molecule is Cc1cc(NC(=O)COCC(F)(F)F)c(C)cc1O. The molecule has 7 heteroatoms. The minimum absolute atomic E-state index is 0.0869. The highest BCUT2D eigenvalue weighted by Crippen LogP contribution is 2.24. The molecule has 0 radical (unpaired) electrons. The predicted molar refractivity (Wildman–Crippen MR) is 63.1 cm³/mol. The fourth-order valence-electron chi connectivity index (χ4n) is 1.38. The third kappa shape index (κ3) is 5.17. The molecule has 1 aromatic rings. The highest BCUT2D eigenvalue weighted by atomic mass is 19.4. The molecule has 0 aliphatic rings. The molecule has 0 saturated heterocycles. The molecule has 0 saturated carbocycles. The number of aromatic hydroxyl groups is 1. The van der Waals surface area contributed by atoms with Crippen LogP contribution >= 0.6 is 0 Å². The second-order valence-corrected chi connectivity index (χ2v) is 4.11. The van der Waals surface area contributed by atoms with Crippen molar-refractivity contribution in [3.05, 3.63) is 23.3 Å². The normalized spacial score (nSPS) is 11.4. The monoisotopic (exact) mass is 277 g/mol. The van der Waals surface area contributed by atoms with Crippen LogP contribution in [0, 0.1) is 13.8 Å². The van der Waals surface area contributed by atoms with Crippen molar-refractivity contribution in [2.24, 2.45) is 0 Å². The summed E-state index contributed by atoms with van der Waals surface area (Å²) in [7, 11) is 0. The number of rotatable bonds is 4. The lowest BCUT2D eigenvalue weighted by Crippen LogP contribution is -2.24. The summed E-state index contributed by atoms with van der Waals surface area (Å²) in [6.07, 6.45) is -4.45. The van der Waals surface area contributed by atoms with E-state index < -0.39 is 25.3 Å². The molecule has 1 rings (SSSR count). The predicted octanol–water partition coefficient (Wildman–Crippen LogP) is 2.53. The van der Waals surface area contributed by atoms with Crippen LogP contribution in [0.5, 0.6) is 5.75 Å². The van der Waals surface area contributed by atoms with Gasteiger partial charge < -0.3 is 15.2 Å². The van der Waals surface area contributed by atoms with Crippen LogP contribution in [0.2, 0.25) is 0 Å². The van der Waals surface area contributed by atoms with Crippen molar-refractivity contribution >= 4 is 11.6 Å². The maximum absolute atomic E-state index is 11.8. The first-order valence-corrected chi connectivity index (χ1v) is 5.43. The number of alkyl halides is 3. The number of nitrogens with one attached hydrogen (secondary N) is 1. The first kappa shape index (κ1) is 15.3. The van der Waals surface area contributed by atoms with Crippen LogP contribution in [-0.4, -0.2) is 30.4 Å². The van der Waals surface area contributed by atoms with Crippen molar-refractivity contribution in [2.75, 3.05) is 18.5 Å². The molecule has 106 valence electrons. The number of ether oxygens (including phenoxy) is 1. The van der Waals surface area contributed by atoms with Crippen molar-refractivity contribution in [1.82, 2.24) is 0 Å². The number of hydrogen-bond acceptors (Lipinski definition) is 3. The molecule has 4 nitrogen and oxygen atoms in total. The molecule has 0 atom stereocenters. The summed E-state index contributed by atoms with van der Waals surface area (Å²) < 4.78 is 39.7. The molecule has 1 amide bonds. The number of halogens is 3. The van der Waals surface area contributed by atoms with Gasteiger partial charge in [0.1, 0.15) is 19.0 Å². The number of hydrogen-bond donors (Lipinski definition) is 2. The number of phenolic OH excluding ortho intramolecular Hbond substituents is 1. The van der Waals surface area contributed by atoms with Gasteiger partial charge in [-0.2, -0.15) is 13.2 Å². The van der Waals surface area contributed by atoms with Gasteiger partial charge in [0.2, 0.25) is 5.91 Å². The standard InChI is InChI=1S/C12H14F3NO3/c1-7-4-10(17)8(2)3-9(7)16-11(18)5-19-6-12(13,14)15/h3-4,17H,5-6H2,1-2H3,(H,16,18). The van der Waals surface area contributed by atoms with Gasteiger partial charge >= 0.3 is 6.18 Å². The number of carbonyl (C=O) groups is 1. The molecule has 2 N–H and O–H groups in total. The number of aryl methyl sites for hydroxylation is 2. The van der Waals surface area contributed by atoms with Gasteiger partial charge in [0, 0.05) is 5.69 Å². The van der Waals surface area contributed by atoms with E-state index in [1.807, 2.05) is 0 Å². The first-order chi connectivity index (χ1) is 8.69. The Balaban J connectivity index is 2.56. The molecule has 0 aliphatic heterocycles. The minimum atomic E-state index is -4.45. The Morgan fingerprint density at radius 3 is 2.53 bits per heavy atom. The van der Waals surface area contributed by atoms with Gasteiger partial charge in [-0.15, -0.1) is 0 Å². The molecule has 0 fully saturated rings. The van der Waals surface area contributed by atoms with Crippen molar-refractivity contribution in [3.63, 3.8) is 0 Å². The topological polar surface area (TPSA) is 58.6 Å². The van der Waals surface area contributed by atoms with Gasteiger partial charge in [0.05, 0.1) is 0 Å². The number of amides is 1. The third-order valence-electron chi connectivity index (χ3n) is 2.32. The van der Waals surface area contributed by atoms with Crippen LogP contribution in [0.3, 0.4) is 0 Å². The molecular weight excluding hydrogens is 263 g/mol. The summed E-state index contributed by atoms with van der Waals surface area (Å²) in [5.41, 5.74) is 1.58. The van der Waals surface area contributed by atoms with Gasteiger partial charge in [-0.25, -0.2) is 0 Å². The molecule has 0 heterocycles. The van der Waals surface area contributed by atoms with Crippen molar-refractivity contribution in [3.8, 4) is 5.75 Å². The third-order valence-corrected chi connectivity index (χ3v) is 2.32. The van der Waals surface area contributed by atoms with E-state index in [4.69, 9.17) is 0 Å². The second-order valence-electron chi connectivity index (χ2n) is 4.11. The van der Waals surface area contributed by atoms with E-state index >= 15 is 0 Å². The highest BCUT2D eigenvalue weighted by Gasteiger charge is 2.27. The molecular formula is C12H14F3NO3. The van der Waals surface area contributed by atoms with E-state index in [0.29, 0.717) is 16.8 Å². The van der Waals surface area contributed by atoms with E-state index in [-0.39, 0.29) is 5.75 Å². The Morgan fingerprint density at radius 1 is 1.32 bits per heavy atom. The largest absolute Gasteiger partial charge is 0.508 e. The zero-order valence-electron chi connectivity index (χ0n) is 10.5. The van der Waals surface area contributed by atoms with Crippen LogP contribution < -0.4 is 5.32 Å². The summed E-state index contributed by atoms with van der Waals surface area (Å²) in [6, 6.07) is 2.99. The van der Waals surface area contributed by atoms with Crippen LogP contribution in [-0.2, 0) is 9.53 Å².